The molecule has 3 heterocycles. The van der Waals surface area contributed by atoms with E-state index in [2.05, 4.69) is 97.2 Å². The molecule has 2 aliphatic rings. The molecule has 0 unspecified atom stereocenters. The van der Waals surface area contributed by atoms with Crippen LogP contribution in [-0.4, -0.2) is 90.4 Å². The van der Waals surface area contributed by atoms with Gasteiger partial charge in [0.2, 0.25) is 5.91 Å². The molecule has 3 aromatic carbocycles. The molecule has 0 atom stereocenters. The number of carbonyl (C=O) groups excluding carboxylic acids is 1. The fourth-order valence-electron chi connectivity index (χ4n) is 5.98. The normalized spacial score (nSPS) is 17.6. The number of nitrogens with zero attached hydrogens (tertiary/aromatic N) is 4. The number of hydrogen-bond acceptors (Lipinski definition) is 7. The van der Waals surface area contributed by atoms with Crippen LogP contribution in [0.25, 0.3) is 22.4 Å². The number of amides is 1. The summed E-state index contributed by atoms with van der Waals surface area (Å²) in [5.41, 5.74) is 6.46. The van der Waals surface area contributed by atoms with Crippen molar-refractivity contribution < 1.29 is 14.3 Å². The first kappa shape index (κ1) is 31.1. The molecule has 2 fully saturated rings. The minimum Gasteiger partial charge on any atom is -0.492 e. The summed E-state index contributed by atoms with van der Waals surface area (Å²) in [7, 11) is 0. The van der Waals surface area contributed by atoms with Gasteiger partial charge in [-0.2, -0.15) is 0 Å². The lowest BCUT2D eigenvalue weighted by Crippen LogP contribution is -2.47. The van der Waals surface area contributed by atoms with E-state index in [4.69, 9.17) is 14.5 Å². The van der Waals surface area contributed by atoms with Crippen molar-refractivity contribution in [2.24, 2.45) is 0 Å². The molecule has 2 aliphatic heterocycles. The van der Waals surface area contributed by atoms with E-state index in [0.29, 0.717) is 26.5 Å². The second-order valence-electron chi connectivity index (χ2n) is 13.8. The third kappa shape index (κ3) is 7.32. The highest BCUT2D eigenvalue weighted by molar-refractivity contribution is 5.92. The molecule has 0 saturated carbocycles. The van der Waals surface area contributed by atoms with Crippen LogP contribution in [0.3, 0.4) is 0 Å². The van der Waals surface area contributed by atoms with E-state index in [1.165, 1.54) is 11.3 Å². The zero-order valence-corrected chi connectivity index (χ0v) is 27.2. The lowest BCUT2D eigenvalue weighted by Gasteiger charge is -2.36. The number of anilines is 2. The van der Waals surface area contributed by atoms with Gasteiger partial charge in [-0.25, -0.2) is 4.98 Å². The average molecular weight is 611 g/mol. The highest BCUT2D eigenvalue weighted by Gasteiger charge is 2.34. The number of fused-ring (bicyclic) bond motifs is 1. The molecular weight excluding hydrogens is 564 g/mol. The van der Waals surface area contributed by atoms with E-state index in [1.54, 1.807) is 0 Å². The Morgan fingerprint density at radius 3 is 2.40 bits per heavy atom. The number of benzene rings is 3. The van der Waals surface area contributed by atoms with Crippen LogP contribution in [0.5, 0.6) is 5.75 Å². The fraction of sp³-hybridized carbons (Fsp3) is 0.444. The van der Waals surface area contributed by atoms with Gasteiger partial charge in [0.05, 0.1) is 24.4 Å². The third-order valence-electron chi connectivity index (χ3n) is 8.94. The maximum atomic E-state index is 12.5. The smallest absolute Gasteiger partial charge is 0.238 e. The lowest BCUT2D eigenvalue weighted by molar-refractivity contribution is -0.118. The Bertz CT molecular complexity index is 1600. The summed E-state index contributed by atoms with van der Waals surface area (Å²) in [6, 6.07) is 22.7. The first-order valence-corrected chi connectivity index (χ1v) is 16.0. The molecule has 0 spiro atoms. The van der Waals surface area contributed by atoms with Gasteiger partial charge in [0, 0.05) is 49.5 Å². The molecule has 238 valence electrons. The van der Waals surface area contributed by atoms with Gasteiger partial charge in [-0.1, -0.05) is 51.1 Å². The topological polar surface area (TPSA) is 86.0 Å². The SMILES string of the molecule is CC(C)(C)c1ccc(-c2nc3c(N4CCN(CCOc5ccc(NC(=O)CN6COCC6(C)C)cc5)CC4)cccc3[nH]2)cc1. The van der Waals surface area contributed by atoms with Crippen LogP contribution in [0.1, 0.15) is 40.2 Å². The Morgan fingerprint density at radius 2 is 1.73 bits per heavy atom. The van der Waals surface area contributed by atoms with Crippen molar-refractivity contribution in [3.63, 3.8) is 0 Å². The van der Waals surface area contributed by atoms with Gasteiger partial charge in [0.15, 0.2) is 0 Å². The van der Waals surface area contributed by atoms with Crippen LogP contribution in [0.4, 0.5) is 11.4 Å². The third-order valence-corrected chi connectivity index (χ3v) is 8.94. The zero-order valence-electron chi connectivity index (χ0n) is 27.2. The van der Waals surface area contributed by atoms with Gasteiger partial charge in [-0.05, 0) is 61.2 Å². The molecule has 0 radical (unpaired) electrons. The van der Waals surface area contributed by atoms with E-state index in [9.17, 15) is 4.79 Å². The molecule has 2 saturated heterocycles. The molecule has 2 N–H and O–H groups in total. The summed E-state index contributed by atoms with van der Waals surface area (Å²) in [5, 5.41) is 2.98. The fourth-order valence-corrected chi connectivity index (χ4v) is 5.98. The summed E-state index contributed by atoms with van der Waals surface area (Å²) in [6.45, 7) is 17.6. The van der Waals surface area contributed by atoms with E-state index in [-0.39, 0.29) is 16.9 Å². The summed E-state index contributed by atoms with van der Waals surface area (Å²) in [6.07, 6.45) is 0. The number of nitrogens with one attached hydrogen (secondary N) is 2. The highest BCUT2D eigenvalue weighted by atomic mass is 16.5. The Labute approximate surface area is 266 Å². The van der Waals surface area contributed by atoms with Crippen molar-refractivity contribution in [2.45, 2.75) is 45.6 Å². The standard InChI is InChI=1S/C36H46N6O3/c1-35(2,3)27-11-9-26(10-12-27)34-38-30-7-6-8-31(33(30)39-34)41-19-17-40(18-20-41)21-22-45-29-15-13-28(14-16-29)37-32(43)23-42-25-44-24-36(42,4)5/h6-16H,17-25H2,1-5H3,(H,37,43)(H,38,39). The maximum Gasteiger partial charge on any atom is 0.238 e. The minimum atomic E-state index is -0.126. The van der Waals surface area contributed by atoms with Crippen molar-refractivity contribution in [1.29, 1.82) is 0 Å². The van der Waals surface area contributed by atoms with E-state index < -0.39 is 0 Å². The van der Waals surface area contributed by atoms with Crippen molar-refractivity contribution in [1.82, 2.24) is 19.8 Å². The summed E-state index contributed by atoms with van der Waals surface area (Å²) >= 11 is 0. The van der Waals surface area contributed by atoms with Crippen molar-refractivity contribution in [3.8, 4) is 17.1 Å². The molecule has 9 heteroatoms. The van der Waals surface area contributed by atoms with Gasteiger partial charge >= 0.3 is 0 Å². The number of rotatable bonds is 9. The first-order chi connectivity index (χ1) is 21.5. The lowest BCUT2D eigenvalue weighted by atomic mass is 9.87. The highest BCUT2D eigenvalue weighted by Crippen LogP contribution is 2.30. The Balaban J connectivity index is 0.972. The molecule has 1 amide bonds. The van der Waals surface area contributed by atoms with Crippen LogP contribution in [-0.2, 0) is 14.9 Å². The first-order valence-electron chi connectivity index (χ1n) is 16.0. The number of carbonyl (C=O) groups is 1. The Morgan fingerprint density at radius 1 is 1.00 bits per heavy atom. The number of H-pyrrole nitrogens is 1. The van der Waals surface area contributed by atoms with Crippen molar-refractivity contribution in [3.05, 3.63) is 72.3 Å². The second-order valence-corrected chi connectivity index (χ2v) is 13.8. The van der Waals surface area contributed by atoms with Crippen molar-refractivity contribution >= 4 is 28.3 Å². The molecule has 9 nitrogen and oxygen atoms in total. The van der Waals surface area contributed by atoms with Crippen LogP contribution in [0.15, 0.2) is 66.7 Å². The zero-order chi connectivity index (χ0) is 31.6. The number of piperazine rings is 1. The minimum absolute atomic E-state index is 0.0451. The van der Waals surface area contributed by atoms with Gasteiger partial charge in [0.1, 0.15) is 30.4 Å². The number of ether oxygens (including phenoxy) is 2. The van der Waals surface area contributed by atoms with E-state index in [0.717, 1.165) is 66.6 Å². The molecule has 0 aliphatic carbocycles. The predicted molar refractivity (Wildman–Crippen MR) is 181 cm³/mol. The number of aromatic amines is 1. The van der Waals surface area contributed by atoms with Crippen LogP contribution < -0.4 is 15.0 Å². The summed E-state index contributed by atoms with van der Waals surface area (Å²) in [4.78, 5) is 28.0. The molecule has 45 heavy (non-hydrogen) atoms. The van der Waals surface area contributed by atoms with Crippen LogP contribution in [0.2, 0.25) is 0 Å². The Hall–Kier alpha value is -3.92. The monoisotopic (exact) mass is 610 g/mol. The number of imidazole rings is 1. The quantitative estimate of drug-likeness (QED) is 0.250. The number of hydrogen-bond donors (Lipinski definition) is 2. The van der Waals surface area contributed by atoms with Gasteiger partial charge < -0.3 is 24.7 Å². The Kier molecular flexibility index (Phi) is 8.86. The number of aromatic nitrogens is 2. The molecule has 1 aromatic heterocycles. The maximum absolute atomic E-state index is 12.5. The van der Waals surface area contributed by atoms with Crippen molar-refractivity contribution in [2.75, 3.05) is 69.4 Å². The molecular formula is C36H46N6O3. The van der Waals surface area contributed by atoms with E-state index in [1.807, 2.05) is 29.2 Å². The number of para-hydroxylation sites is 1. The van der Waals surface area contributed by atoms with Crippen LogP contribution in [0, 0.1) is 0 Å². The summed E-state index contributed by atoms with van der Waals surface area (Å²) < 4.78 is 11.5. The summed E-state index contributed by atoms with van der Waals surface area (Å²) in [5.74, 6) is 1.66. The average Bonchev–Trinajstić information content (AvgIpc) is 3.60. The molecule has 4 aromatic rings. The molecule has 0 bridgehead atoms. The van der Waals surface area contributed by atoms with Crippen LogP contribution >= 0.6 is 0 Å². The van der Waals surface area contributed by atoms with Gasteiger partial charge in [-0.15, -0.1) is 0 Å². The van der Waals surface area contributed by atoms with Gasteiger partial charge in [-0.3, -0.25) is 14.6 Å². The second kappa shape index (κ2) is 12.8. The van der Waals surface area contributed by atoms with E-state index >= 15 is 0 Å². The molecule has 6 rings (SSSR count). The largest absolute Gasteiger partial charge is 0.492 e. The predicted octanol–water partition coefficient (Wildman–Crippen LogP) is 5.74. The van der Waals surface area contributed by atoms with Gasteiger partial charge in [0.25, 0.3) is 0 Å².